The summed E-state index contributed by atoms with van der Waals surface area (Å²) in [4.78, 5) is 12.1. The first-order chi connectivity index (χ1) is 11.4. The SMILES string of the molecule is CC(C)CC(N)C(=O)Nc1ccc(-c2cn[nH]c2)c(OC(F)F)c1. The second-order valence-corrected chi connectivity index (χ2v) is 5.80. The lowest BCUT2D eigenvalue weighted by Gasteiger charge is -2.16. The highest BCUT2D eigenvalue weighted by molar-refractivity contribution is 5.95. The standard InChI is InChI=1S/C16H20F2N4O2/c1-9(2)5-13(19)15(23)22-11-3-4-12(10-7-20-21-8-10)14(6-11)24-16(17)18/h3-4,6-9,13,16H,5,19H2,1-2H3,(H,20,21)(H,22,23). The van der Waals surface area contributed by atoms with E-state index in [1.807, 2.05) is 13.8 Å². The number of alkyl halides is 2. The number of hydrogen-bond acceptors (Lipinski definition) is 4. The summed E-state index contributed by atoms with van der Waals surface area (Å²) in [5.41, 5.74) is 7.19. The van der Waals surface area contributed by atoms with Gasteiger partial charge in [0.15, 0.2) is 0 Å². The van der Waals surface area contributed by atoms with Crippen molar-refractivity contribution in [3.63, 3.8) is 0 Å². The highest BCUT2D eigenvalue weighted by atomic mass is 19.3. The molecule has 0 bridgehead atoms. The van der Waals surface area contributed by atoms with Crippen LogP contribution in [0, 0.1) is 5.92 Å². The number of carbonyl (C=O) groups is 1. The van der Waals surface area contributed by atoms with Crippen LogP contribution in [0.1, 0.15) is 20.3 Å². The maximum absolute atomic E-state index is 12.7. The number of aromatic nitrogens is 2. The molecule has 0 radical (unpaired) electrons. The molecule has 0 fully saturated rings. The number of benzene rings is 1. The molecule has 0 spiro atoms. The van der Waals surface area contributed by atoms with Crippen LogP contribution in [0.5, 0.6) is 5.75 Å². The first kappa shape index (κ1) is 17.9. The van der Waals surface area contributed by atoms with Crippen molar-refractivity contribution in [2.24, 2.45) is 11.7 Å². The molecule has 0 aliphatic rings. The second kappa shape index (κ2) is 7.87. The van der Waals surface area contributed by atoms with Crippen molar-refractivity contribution in [1.82, 2.24) is 10.2 Å². The monoisotopic (exact) mass is 338 g/mol. The highest BCUT2D eigenvalue weighted by Gasteiger charge is 2.17. The molecule has 130 valence electrons. The van der Waals surface area contributed by atoms with Gasteiger partial charge >= 0.3 is 6.61 Å². The summed E-state index contributed by atoms with van der Waals surface area (Å²) < 4.78 is 29.9. The van der Waals surface area contributed by atoms with Crippen molar-refractivity contribution in [1.29, 1.82) is 0 Å². The van der Waals surface area contributed by atoms with Gasteiger partial charge in [0.05, 0.1) is 12.2 Å². The zero-order valence-corrected chi connectivity index (χ0v) is 13.4. The molecule has 24 heavy (non-hydrogen) atoms. The molecule has 1 atom stereocenters. The molecule has 1 heterocycles. The molecule has 0 aliphatic heterocycles. The number of anilines is 1. The van der Waals surface area contributed by atoms with Gasteiger partial charge in [-0.15, -0.1) is 0 Å². The Balaban J connectivity index is 2.21. The summed E-state index contributed by atoms with van der Waals surface area (Å²) in [5, 5.41) is 9.02. The van der Waals surface area contributed by atoms with E-state index in [9.17, 15) is 13.6 Å². The molecule has 0 saturated heterocycles. The lowest BCUT2D eigenvalue weighted by atomic mass is 10.0. The van der Waals surface area contributed by atoms with Gasteiger partial charge in [0.2, 0.25) is 5.91 Å². The minimum Gasteiger partial charge on any atom is -0.434 e. The molecule has 0 aliphatic carbocycles. The number of H-pyrrole nitrogens is 1. The summed E-state index contributed by atoms with van der Waals surface area (Å²) in [6.07, 6.45) is 3.58. The first-order valence-corrected chi connectivity index (χ1v) is 7.51. The number of halogens is 2. The fraction of sp³-hybridized carbons (Fsp3) is 0.375. The van der Waals surface area contributed by atoms with Crippen molar-refractivity contribution in [2.75, 3.05) is 5.32 Å². The normalized spacial score (nSPS) is 12.5. The number of nitrogens with one attached hydrogen (secondary N) is 2. The molecular weight excluding hydrogens is 318 g/mol. The van der Waals surface area contributed by atoms with Crippen LogP contribution < -0.4 is 15.8 Å². The van der Waals surface area contributed by atoms with Crippen molar-refractivity contribution < 1.29 is 18.3 Å². The molecule has 6 nitrogen and oxygen atoms in total. The minimum atomic E-state index is -2.98. The maximum atomic E-state index is 12.7. The van der Waals surface area contributed by atoms with Crippen molar-refractivity contribution in [3.05, 3.63) is 30.6 Å². The highest BCUT2D eigenvalue weighted by Crippen LogP contribution is 2.33. The van der Waals surface area contributed by atoms with Gasteiger partial charge in [0.25, 0.3) is 0 Å². The van der Waals surface area contributed by atoms with Crippen LogP contribution in [0.25, 0.3) is 11.1 Å². The summed E-state index contributed by atoms with van der Waals surface area (Å²) in [5.74, 6) is -0.156. The van der Waals surface area contributed by atoms with Crippen LogP contribution in [-0.2, 0) is 4.79 Å². The Kier molecular flexibility index (Phi) is 5.86. The van der Waals surface area contributed by atoms with Crippen molar-refractivity contribution in [2.45, 2.75) is 32.9 Å². The fourth-order valence-corrected chi connectivity index (χ4v) is 2.28. The zero-order valence-electron chi connectivity index (χ0n) is 13.4. The van der Waals surface area contributed by atoms with Crippen molar-refractivity contribution >= 4 is 11.6 Å². The van der Waals surface area contributed by atoms with Gasteiger partial charge in [-0.2, -0.15) is 13.9 Å². The van der Waals surface area contributed by atoms with Gasteiger partial charge in [-0.1, -0.05) is 13.8 Å². The largest absolute Gasteiger partial charge is 0.434 e. The molecule has 1 amide bonds. The predicted octanol–water partition coefficient (Wildman–Crippen LogP) is 2.99. The van der Waals surface area contributed by atoms with Gasteiger partial charge in [0, 0.05) is 29.1 Å². The Bertz CT molecular complexity index is 675. The minimum absolute atomic E-state index is 0.0540. The number of carbonyl (C=O) groups excluding carboxylic acids is 1. The number of nitrogens with zero attached hydrogens (tertiary/aromatic N) is 1. The lowest BCUT2D eigenvalue weighted by molar-refractivity contribution is -0.117. The van der Waals surface area contributed by atoms with E-state index >= 15 is 0 Å². The maximum Gasteiger partial charge on any atom is 0.387 e. The van der Waals surface area contributed by atoms with Crippen LogP contribution in [0.3, 0.4) is 0 Å². The number of hydrogen-bond donors (Lipinski definition) is 3. The smallest absolute Gasteiger partial charge is 0.387 e. The molecule has 8 heteroatoms. The molecule has 1 unspecified atom stereocenters. The Morgan fingerprint density at radius 3 is 2.75 bits per heavy atom. The number of amides is 1. The first-order valence-electron chi connectivity index (χ1n) is 7.51. The summed E-state index contributed by atoms with van der Waals surface area (Å²) >= 11 is 0. The number of nitrogens with two attached hydrogens (primary N) is 1. The van der Waals surface area contributed by atoms with Crippen LogP contribution in [0.4, 0.5) is 14.5 Å². The molecule has 2 rings (SSSR count). The van der Waals surface area contributed by atoms with E-state index in [-0.39, 0.29) is 17.6 Å². The van der Waals surface area contributed by atoms with Crippen molar-refractivity contribution in [3.8, 4) is 16.9 Å². The number of rotatable bonds is 7. The molecule has 2 aromatic rings. The third-order valence-electron chi connectivity index (χ3n) is 3.34. The quantitative estimate of drug-likeness (QED) is 0.723. The topological polar surface area (TPSA) is 93.0 Å². The summed E-state index contributed by atoms with van der Waals surface area (Å²) in [7, 11) is 0. The second-order valence-electron chi connectivity index (χ2n) is 5.80. The Morgan fingerprint density at radius 2 is 2.17 bits per heavy atom. The third-order valence-corrected chi connectivity index (χ3v) is 3.34. The van der Waals surface area contributed by atoms with Crippen LogP contribution in [-0.4, -0.2) is 28.8 Å². The van der Waals surface area contributed by atoms with Crippen LogP contribution in [0.15, 0.2) is 30.6 Å². The summed E-state index contributed by atoms with van der Waals surface area (Å²) in [6, 6.07) is 3.85. The molecule has 1 aromatic heterocycles. The summed E-state index contributed by atoms with van der Waals surface area (Å²) in [6.45, 7) is 0.938. The van der Waals surface area contributed by atoms with Gasteiger partial charge in [-0.25, -0.2) is 0 Å². The van der Waals surface area contributed by atoms with E-state index in [2.05, 4.69) is 20.3 Å². The zero-order chi connectivity index (χ0) is 17.7. The molecule has 0 saturated carbocycles. The van der Waals surface area contributed by atoms with Gasteiger partial charge in [-0.3, -0.25) is 9.89 Å². The predicted molar refractivity (Wildman–Crippen MR) is 86.7 cm³/mol. The van der Waals surface area contributed by atoms with E-state index in [1.165, 1.54) is 12.3 Å². The van der Waals surface area contributed by atoms with E-state index in [0.29, 0.717) is 23.2 Å². The average Bonchev–Trinajstić information content (AvgIpc) is 3.00. The molecule has 4 N–H and O–H groups in total. The van der Waals surface area contributed by atoms with Gasteiger partial charge in [0.1, 0.15) is 5.75 Å². The van der Waals surface area contributed by atoms with E-state index in [4.69, 9.17) is 5.73 Å². The van der Waals surface area contributed by atoms with E-state index in [1.54, 1.807) is 18.3 Å². The number of ether oxygens (including phenoxy) is 1. The fourth-order valence-electron chi connectivity index (χ4n) is 2.28. The lowest BCUT2D eigenvalue weighted by Crippen LogP contribution is -2.36. The average molecular weight is 338 g/mol. The molecular formula is C16H20F2N4O2. The third kappa shape index (κ3) is 4.76. The molecule has 1 aromatic carbocycles. The van der Waals surface area contributed by atoms with Gasteiger partial charge < -0.3 is 15.8 Å². The number of aromatic amines is 1. The Labute approximate surface area is 138 Å². The van der Waals surface area contributed by atoms with Gasteiger partial charge in [-0.05, 0) is 24.5 Å². The van der Waals surface area contributed by atoms with E-state index < -0.39 is 12.7 Å². The van der Waals surface area contributed by atoms with Crippen LogP contribution >= 0.6 is 0 Å². The Hall–Kier alpha value is -2.48. The van der Waals surface area contributed by atoms with Crippen LogP contribution in [0.2, 0.25) is 0 Å². The Morgan fingerprint density at radius 1 is 1.42 bits per heavy atom. The van der Waals surface area contributed by atoms with E-state index in [0.717, 1.165) is 0 Å².